The van der Waals surface area contributed by atoms with Gasteiger partial charge in [-0.05, 0) is 6.92 Å². The predicted octanol–water partition coefficient (Wildman–Crippen LogP) is 2.13. The van der Waals surface area contributed by atoms with E-state index < -0.39 is 0 Å². The quantitative estimate of drug-likeness (QED) is 0.612. The molecule has 0 saturated heterocycles. The fourth-order valence-corrected chi connectivity index (χ4v) is 0.657. The van der Waals surface area contributed by atoms with E-state index in [4.69, 9.17) is 4.42 Å². The molecule has 0 radical (unpaired) electrons. The van der Waals surface area contributed by atoms with Gasteiger partial charge in [0, 0.05) is 0 Å². The number of hydrogen-bond donors (Lipinski definition) is 0. The zero-order chi connectivity index (χ0) is 5.98. The number of nitrogens with zero attached hydrogens (tertiary/aromatic N) is 1. The molecule has 1 atom stereocenters. The minimum absolute atomic E-state index is 0.220. The van der Waals surface area contributed by atoms with Gasteiger partial charge in [0.05, 0.1) is 11.0 Å². The van der Waals surface area contributed by atoms with E-state index >= 15 is 0 Å². The Balaban J connectivity index is 2.77. The summed E-state index contributed by atoms with van der Waals surface area (Å²) < 4.78 is 4.94. The lowest BCUT2D eigenvalue weighted by molar-refractivity contribution is 0.500. The first-order chi connectivity index (χ1) is 3.80. The summed E-state index contributed by atoms with van der Waals surface area (Å²) in [6.45, 7) is 1.96. The molecular weight excluding hydrogens is 170 g/mol. The van der Waals surface area contributed by atoms with Gasteiger partial charge in [-0.15, -0.1) is 0 Å². The lowest BCUT2D eigenvalue weighted by Crippen LogP contribution is -1.79. The monoisotopic (exact) mass is 175 g/mol. The lowest BCUT2D eigenvalue weighted by Gasteiger charge is -1.90. The van der Waals surface area contributed by atoms with Crippen molar-refractivity contribution in [1.82, 2.24) is 4.98 Å². The van der Waals surface area contributed by atoms with Gasteiger partial charge in [0.1, 0.15) is 6.26 Å². The van der Waals surface area contributed by atoms with Gasteiger partial charge in [-0.2, -0.15) is 0 Å². The Labute approximate surface area is 56.0 Å². The first-order valence-electron chi connectivity index (χ1n) is 2.34. The van der Waals surface area contributed by atoms with Crippen LogP contribution in [0.2, 0.25) is 0 Å². The average Bonchev–Trinajstić information content (AvgIpc) is 2.12. The molecule has 8 heavy (non-hydrogen) atoms. The van der Waals surface area contributed by atoms with Crippen molar-refractivity contribution in [2.45, 2.75) is 11.8 Å². The van der Waals surface area contributed by atoms with E-state index in [1.165, 1.54) is 0 Å². The van der Waals surface area contributed by atoms with Crippen molar-refractivity contribution in [2.75, 3.05) is 0 Å². The zero-order valence-electron chi connectivity index (χ0n) is 4.47. The molecule has 0 aliphatic heterocycles. The average molecular weight is 176 g/mol. The van der Waals surface area contributed by atoms with Crippen LogP contribution in [0.5, 0.6) is 0 Å². The summed E-state index contributed by atoms with van der Waals surface area (Å²) in [5.74, 6) is 0.727. The maximum atomic E-state index is 4.94. The standard InChI is InChI=1S/C5H6BrNO/c1-4(6)5-7-2-3-8-5/h2-4H,1H3. The molecule has 0 amide bonds. The van der Waals surface area contributed by atoms with Gasteiger partial charge >= 0.3 is 0 Å². The Morgan fingerprint density at radius 3 is 2.88 bits per heavy atom. The van der Waals surface area contributed by atoms with Gasteiger partial charge in [0.2, 0.25) is 5.89 Å². The molecule has 1 unspecified atom stereocenters. The highest BCUT2D eigenvalue weighted by Gasteiger charge is 2.02. The van der Waals surface area contributed by atoms with Crippen LogP contribution in [0.3, 0.4) is 0 Å². The van der Waals surface area contributed by atoms with Crippen molar-refractivity contribution in [3.05, 3.63) is 18.4 Å². The molecule has 0 N–H and O–H groups in total. The molecule has 0 bridgehead atoms. The third-order valence-corrected chi connectivity index (χ3v) is 1.18. The molecule has 0 saturated carbocycles. The highest BCUT2D eigenvalue weighted by Crippen LogP contribution is 2.18. The Kier molecular flexibility index (Phi) is 1.68. The molecule has 1 aromatic rings. The lowest BCUT2D eigenvalue weighted by atomic mass is 10.5. The van der Waals surface area contributed by atoms with Crippen LogP contribution < -0.4 is 0 Å². The minimum Gasteiger partial charge on any atom is -0.448 e. The minimum atomic E-state index is 0.220. The number of aromatic nitrogens is 1. The molecule has 1 rings (SSSR count). The molecule has 3 heteroatoms. The smallest absolute Gasteiger partial charge is 0.207 e. The number of hydrogen-bond acceptors (Lipinski definition) is 2. The Morgan fingerprint density at radius 1 is 1.88 bits per heavy atom. The van der Waals surface area contributed by atoms with Crippen LogP contribution in [0.15, 0.2) is 16.9 Å². The van der Waals surface area contributed by atoms with E-state index in [2.05, 4.69) is 20.9 Å². The highest BCUT2D eigenvalue weighted by molar-refractivity contribution is 9.09. The van der Waals surface area contributed by atoms with Gasteiger partial charge in [0.15, 0.2) is 0 Å². The molecule has 0 aliphatic rings. The van der Waals surface area contributed by atoms with Crippen LogP contribution in [0.1, 0.15) is 17.6 Å². The molecule has 1 heterocycles. The van der Waals surface area contributed by atoms with Crippen LogP contribution in [0.4, 0.5) is 0 Å². The van der Waals surface area contributed by atoms with Crippen molar-refractivity contribution in [1.29, 1.82) is 0 Å². The van der Waals surface area contributed by atoms with E-state index in [0.717, 1.165) is 5.89 Å². The molecule has 0 aliphatic carbocycles. The van der Waals surface area contributed by atoms with Crippen molar-refractivity contribution in [3.8, 4) is 0 Å². The number of oxazole rings is 1. The SMILES string of the molecule is CC(Br)c1ncco1. The van der Waals surface area contributed by atoms with E-state index in [-0.39, 0.29) is 4.83 Å². The summed E-state index contributed by atoms with van der Waals surface area (Å²) in [5.41, 5.74) is 0. The third kappa shape index (κ3) is 1.10. The summed E-state index contributed by atoms with van der Waals surface area (Å²) in [6, 6.07) is 0. The van der Waals surface area contributed by atoms with E-state index in [0.29, 0.717) is 0 Å². The normalized spacial score (nSPS) is 13.8. The molecular formula is C5H6BrNO. The topological polar surface area (TPSA) is 26.0 Å². The van der Waals surface area contributed by atoms with E-state index in [1.54, 1.807) is 12.5 Å². The second-order valence-electron chi connectivity index (χ2n) is 1.49. The predicted molar refractivity (Wildman–Crippen MR) is 33.8 cm³/mol. The van der Waals surface area contributed by atoms with Crippen LogP contribution >= 0.6 is 15.9 Å². The van der Waals surface area contributed by atoms with Gasteiger partial charge < -0.3 is 4.42 Å². The van der Waals surface area contributed by atoms with Crippen molar-refractivity contribution in [3.63, 3.8) is 0 Å². The molecule has 0 spiro atoms. The Morgan fingerprint density at radius 2 is 2.62 bits per heavy atom. The maximum Gasteiger partial charge on any atom is 0.207 e. The van der Waals surface area contributed by atoms with Gasteiger partial charge in [-0.25, -0.2) is 4.98 Å². The number of alkyl halides is 1. The van der Waals surface area contributed by atoms with Crippen LogP contribution in [0.25, 0.3) is 0 Å². The fraction of sp³-hybridized carbons (Fsp3) is 0.400. The summed E-state index contributed by atoms with van der Waals surface area (Å²) in [5, 5.41) is 0. The van der Waals surface area contributed by atoms with Gasteiger partial charge in [0.25, 0.3) is 0 Å². The summed E-state index contributed by atoms with van der Waals surface area (Å²) >= 11 is 3.31. The first kappa shape index (κ1) is 5.82. The molecule has 2 nitrogen and oxygen atoms in total. The van der Waals surface area contributed by atoms with Crippen molar-refractivity contribution in [2.24, 2.45) is 0 Å². The maximum absolute atomic E-state index is 4.94. The highest BCUT2D eigenvalue weighted by atomic mass is 79.9. The Bertz CT molecular complexity index is 147. The molecule has 0 aromatic carbocycles. The fourth-order valence-electron chi connectivity index (χ4n) is 0.431. The third-order valence-electron chi connectivity index (χ3n) is 0.792. The molecule has 1 aromatic heterocycles. The number of halogens is 1. The number of rotatable bonds is 1. The molecule has 44 valence electrons. The van der Waals surface area contributed by atoms with E-state index in [1.807, 2.05) is 6.92 Å². The first-order valence-corrected chi connectivity index (χ1v) is 3.25. The summed E-state index contributed by atoms with van der Waals surface area (Å²) in [6.07, 6.45) is 3.19. The summed E-state index contributed by atoms with van der Waals surface area (Å²) in [7, 11) is 0. The Hall–Kier alpha value is -0.310. The second-order valence-corrected chi connectivity index (χ2v) is 2.86. The van der Waals surface area contributed by atoms with Crippen molar-refractivity contribution < 1.29 is 4.42 Å². The van der Waals surface area contributed by atoms with Crippen LogP contribution in [0, 0.1) is 0 Å². The zero-order valence-corrected chi connectivity index (χ0v) is 6.05. The van der Waals surface area contributed by atoms with Gasteiger partial charge in [-0.3, -0.25) is 0 Å². The van der Waals surface area contributed by atoms with Gasteiger partial charge in [-0.1, -0.05) is 15.9 Å². The largest absolute Gasteiger partial charge is 0.448 e. The summed E-state index contributed by atoms with van der Waals surface area (Å²) in [4.78, 5) is 4.12. The molecule has 0 fully saturated rings. The van der Waals surface area contributed by atoms with Crippen molar-refractivity contribution >= 4 is 15.9 Å². The second kappa shape index (κ2) is 2.31. The van der Waals surface area contributed by atoms with Crippen LogP contribution in [-0.2, 0) is 0 Å². The van der Waals surface area contributed by atoms with E-state index in [9.17, 15) is 0 Å². The van der Waals surface area contributed by atoms with Crippen LogP contribution in [-0.4, -0.2) is 4.98 Å².